The number of nitrogens with one attached hydrogen (secondary N) is 1. The number of thiazole rings is 1. The van der Waals surface area contributed by atoms with Gasteiger partial charge in [-0.25, -0.2) is 9.37 Å². The van der Waals surface area contributed by atoms with Crippen LogP contribution in [-0.4, -0.2) is 4.98 Å². The van der Waals surface area contributed by atoms with Crippen molar-refractivity contribution in [2.24, 2.45) is 0 Å². The fourth-order valence-electron chi connectivity index (χ4n) is 1.68. The highest BCUT2D eigenvalue weighted by Crippen LogP contribution is 2.33. The van der Waals surface area contributed by atoms with E-state index in [1.54, 1.807) is 12.1 Å². The van der Waals surface area contributed by atoms with Gasteiger partial charge in [0.2, 0.25) is 0 Å². The standard InChI is InChI=1S/C13H7BrClFN2S/c14-7-4-5-10-11(6-7)19-13(17-10)18-12-8(15)2-1-3-9(12)16/h1-6H,(H,17,18). The fourth-order valence-corrected chi connectivity index (χ4v) is 3.31. The summed E-state index contributed by atoms with van der Waals surface area (Å²) in [5, 5.41) is 3.88. The summed E-state index contributed by atoms with van der Waals surface area (Å²) in [5.41, 5.74) is 1.12. The van der Waals surface area contributed by atoms with Crippen LogP contribution in [0.15, 0.2) is 40.9 Å². The van der Waals surface area contributed by atoms with Crippen molar-refractivity contribution >= 4 is 59.9 Å². The van der Waals surface area contributed by atoms with E-state index >= 15 is 0 Å². The quantitative estimate of drug-likeness (QED) is 0.646. The highest BCUT2D eigenvalue weighted by molar-refractivity contribution is 9.10. The molecule has 0 saturated carbocycles. The summed E-state index contributed by atoms with van der Waals surface area (Å²) >= 11 is 10.8. The van der Waals surface area contributed by atoms with Gasteiger partial charge >= 0.3 is 0 Å². The average molecular weight is 358 g/mol. The molecule has 0 unspecified atom stereocenters. The Labute approximate surface area is 126 Å². The zero-order chi connectivity index (χ0) is 13.4. The molecule has 0 radical (unpaired) electrons. The summed E-state index contributed by atoms with van der Waals surface area (Å²) in [6, 6.07) is 10.4. The van der Waals surface area contributed by atoms with Crippen molar-refractivity contribution in [3.8, 4) is 0 Å². The smallest absolute Gasteiger partial charge is 0.188 e. The molecule has 0 spiro atoms. The minimum absolute atomic E-state index is 0.252. The van der Waals surface area contributed by atoms with Crippen molar-refractivity contribution in [2.45, 2.75) is 0 Å². The van der Waals surface area contributed by atoms with Gasteiger partial charge in [0, 0.05) is 4.47 Å². The molecule has 2 aromatic carbocycles. The van der Waals surface area contributed by atoms with E-state index in [-0.39, 0.29) is 5.69 Å². The SMILES string of the molecule is Fc1cccc(Cl)c1Nc1nc2ccc(Br)cc2s1. The first-order chi connectivity index (χ1) is 9.13. The summed E-state index contributed by atoms with van der Waals surface area (Å²) in [4.78, 5) is 4.39. The second kappa shape index (κ2) is 5.07. The minimum Gasteiger partial charge on any atom is -0.328 e. The Balaban J connectivity index is 2.01. The number of fused-ring (bicyclic) bond motifs is 1. The van der Waals surface area contributed by atoms with Gasteiger partial charge in [-0.05, 0) is 30.3 Å². The fraction of sp³-hybridized carbons (Fsp3) is 0. The van der Waals surface area contributed by atoms with Gasteiger partial charge in [-0.2, -0.15) is 0 Å². The summed E-state index contributed by atoms with van der Waals surface area (Å²) in [5.74, 6) is -0.395. The summed E-state index contributed by atoms with van der Waals surface area (Å²) < 4.78 is 15.7. The van der Waals surface area contributed by atoms with E-state index in [1.165, 1.54) is 17.4 Å². The number of benzene rings is 2. The molecule has 6 heteroatoms. The zero-order valence-corrected chi connectivity index (χ0v) is 12.6. The van der Waals surface area contributed by atoms with Gasteiger partial charge in [-0.15, -0.1) is 0 Å². The molecule has 3 aromatic rings. The van der Waals surface area contributed by atoms with Crippen LogP contribution in [0.2, 0.25) is 5.02 Å². The van der Waals surface area contributed by atoms with Gasteiger partial charge in [-0.1, -0.05) is 44.9 Å². The third kappa shape index (κ3) is 2.59. The van der Waals surface area contributed by atoms with E-state index in [0.29, 0.717) is 10.2 Å². The van der Waals surface area contributed by atoms with Gasteiger partial charge in [0.15, 0.2) is 5.13 Å². The Hall–Kier alpha value is -1.17. The number of nitrogens with zero attached hydrogens (tertiary/aromatic N) is 1. The largest absolute Gasteiger partial charge is 0.328 e. The van der Waals surface area contributed by atoms with Crippen molar-refractivity contribution in [3.05, 3.63) is 51.7 Å². The van der Waals surface area contributed by atoms with E-state index < -0.39 is 5.82 Å². The molecule has 1 aromatic heterocycles. The number of aromatic nitrogens is 1. The first-order valence-electron chi connectivity index (χ1n) is 5.40. The predicted molar refractivity (Wildman–Crippen MR) is 82.0 cm³/mol. The second-order valence-corrected chi connectivity index (χ2v) is 6.21. The number of anilines is 2. The number of rotatable bonds is 2. The predicted octanol–water partition coefficient (Wildman–Crippen LogP) is 5.59. The molecule has 0 aliphatic carbocycles. The van der Waals surface area contributed by atoms with Crippen LogP contribution in [0.25, 0.3) is 10.2 Å². The number of para-hydroxylation sites is 1. The van der Waals surface area contributed by atoms with E-state index in [2.05, 4.69) is 26.2 Å². The van der Waals surface area contributed by atoms with Gasteiger partial charge < -0.3 is 5.32 Å². The molecule has 19 heavy (non-hydrogen) atoms. The minimum atomic E-state index is -0.395. The lowest BCUT2D eigenvalue weighted by molar-refractivity contribution is 0.632. The van der Waals surface area contributed by atoms with Gasteiger partial charge in [0.25, 0.3) is 0 Å². The molecule has 2 nitrogen and oxygen atoms in total. The van der Waals surface area contributed by atoms with Crippen LogP contribution in [0.1, 0.15) is 0 Å². The second-order valence-electron chi connectivity index (χ2n) is 3.85. The lowest BCUT2D eigenvalue weighted by atomic mass is 10.3. The first kappa shape index (κ1) is 12.8. The maximum atomic E-state index is 13.7. The monoisotopic (exact) mass is 356 g/mol. The maximum absolute atomic E-state index is 13.7. The molecule has 1 heterocycles. The van der Waals surface area contributed by atoms with Crippen LogP contribution in [0.4, 0.5) is 15.2 Å². The topological polar surface area (TPSA) is 24.9 Å². The van der Waals surface area contributed by atoms with Crippen LogP contribution < -0.4 is 5.32 Å². The molecule has 0 amide bonds. The maximum Gasteiger partial charge on any atom is 0.188 e. The molecular formula is C13H7BrClFN2S. The summed E-state index contributed by atoms with van der Waals surface area (Å²) in [6.07, 6.45) is 0. The number of halogens is 3. The van der Waals surface area contributed by atoms with E-state index in [1.807, 2.05) is 18.2 Å². The van der Waals surface area contributed by atoms with Crippen LogP contribution in [-0.2, 0) is 0 Å². The Kier molecular flexibility index (Phi) is 3.43. The average Bonchev–Trinajstić information content (AvgIpc) is 2.75. The van der Waals surface area contributed by atoms with Crippen LogP contribution >= 0.6 is 38.9 Å². The Bertz CT molecular complexity index is 739. The number of hydrogen-bond donors (Lipinski definition) is 1. The van der Waals surface area contributed by atoms with Gasteiger partial charge in [0.1, 0.15) is 5.82 Å². The summed E-state index contributed by atoms with van der Waals surface area (Å²) in [7, 11) is 0. The Morgan fingerprint density at radius 2 is 2.11 bits per heavy atom. The van der Waals surface area contributed by atoms with Gasteiger partial charge in [0.05, 0.1) is 20.9 Å². The molecule has 0 aliphatic heterocycles. The molecule has 3 rings (SSSR count). The van der Waals surface area contributed by atoms with Crippen LogP contribution in [0.3, 0.4) is 0 Å². The summed E-state index contributed by atoms with van der Waals surface area (Å²) in [6.45, 7) is 0. The lowest BCUT2D eigenvalue weighted by Gasteiger charge is -2.05. The van der Waals surface area contributed by atoms with Crippen LogP contribution in [0, 0.1) is 5.82 Å². The third-order valence-electron chi connectivity index (χ3n) is 2.55. The molecular weight excluding hydrogens is 351 g/mol. The molecule has 96 valence electrons. The molecule has 0 bridgehead atoms. The normalized spacial score (nSPS) is 10.9. The first-order valence-corrected chi connectivity index (χ1v) is 7.39. The zero-order valence-electron chi connectivity index (χ0n) is 9.45. The molecule has 1 N–H and O–H groups in total. The van der Waals surface area contributed by atoms with Crippen LogP contribution in [0.5, 0.6) is 0 Å². The molecule has 0 saturated heterocycles. The van der Waals surface area contributed by atoms with Crippen molar-refractivity contribution < 1.29 is 4.39 Å². The number of hydrogen-bond acceptors (Lipinski definition) is 3. The lowest BCUT2D eigenvalue weighted by Crippen LogP contribution is -1.93. The third-order valence-corrected chi connectivity index (χ3v) is 4.29. The van der Waals surface area contributed by atoms with Crippen molar-refractivity contribution in [3.63, 3.8) is 0 Å². The highest BCUT2D eigenvalue weighted by Gasteiger charge is 2.10. The molecule has 0 fully saturated rings. The van der Waals surface area contributed by atoms with E-state index in [4.69, 9.17) is 11.6 Å². The molecule has 0 atom stereocenters. The van der Waals surface area contributed by atoms with Crippen molar-refractivity contribution in [2.75, 3.05) is 5.32 Å². The van der Waals surface area contributed by atoms with Crippen molar-refractivity contribution in [1.82, 2.24) is 4.98 Å². The van der Waals surface area contributed by atoms with Crippen molar-refractivity contribution in [1.29, 1.82) is 0 Å². The highest BCUT2D eigenvalue weighted by atomic mass is 79.9. The Morgan fingerprint density at radius 1 is 1.26 bits per heavy atom. The van der Waals surface area contributed by atoms with E-state index in [0.717, 1.165) is 14.7 Å². The molecule has 0 aliphatic rings. The van der Waals surface area contributed by atoms with Gasteiger partial charge in [-0.3, -0.25) is 0 Å². The Morgan fingerprint density at radius 3 is 2.89 bits per heavy atom. The van der Waals surface area contributed by atoms with E-state index in [9.17, 15) is 4.39 Å².